The lowest BCUT2D eigenvalue weighted by molar-refractivity contribution is -0.116. The maximum absolute atomic E-state index is 12.7. The van der Waals surface area contributed by atoms with Crippen LogP contribution in [-0.4, -0.2) is 15.5 Å². The second-order valence-electron chi connectivity index (χ2n) is 4.10. The van der Waals surface area contributed by atoms with Crippen LogP contribution in [-0.2, 0) is 11.3 Å². The molecule has 1 N–H and O–H groups in total. The van der Waals surface area contributed by atoms with Gasteiger partial charge in [0, 0.05) is 11.4 Å². The maximum Gasteiger partial charge on any atom is 0.244 e. The molecule has 0 saturated heterocycles. The SMILES string of the molecule is Cc1ncn(CC(=O)Nc2ccc(F)cc2)c1C. The first kappa shape index (κ1) is 12.3. The number of anilines is 1. The van der Waals surface area contributed by atoms with Crippen LogP contribution in [0, 0.1) is 19.7 Å². The van der Waals surface area contributed by atoms with Gasteiger partial charge in [-0.05, 0) is 38.1 Å². The first-order valence-electron chi connectivity index (χ1n) is 5.60. The average Bonchev–Trinajstić information content (AvgIpc) is 2.64. The molecule has 0 fully saturated rings. The van der Waals surface area contributed by atoms with E-state index < -0.39 is 0 Å². The van der Waals surface area contributed by atoms with Gasteiger partial charge in [0.2, 0.25) is 5.91 Å². The van der Waals surface area contributed by atoms with E-state index in [9.17, 15) is 9.18 Å². The van der Waals surface area contributed by atoms with E-state index in [1.807, 2.05) is 13.8 Å². The summed E-state index contributed by atoms with van der Waals surface area (Å²) >= 11 is 0. The summed E-state index contributed by atoms with van der Waals surface area (Å²) in [6, 6.07) is 5.67. The Labute approximate surface area is 104 Å². The van der Waals surface area contributed by atoms with Crippen LogP contribution in [0.4, 0.5) is 10.1 Å². The number of aryl methyl sites for hydroxylation is 1. The summed E-state index contributed by atoms with van der Waals surface area (Å²) < 4.78 is 14.5. The van der Waals surface area contributed by atoms with E-state index in [1.54, 1.807) is 10.9 Å². The molecular formula is C13H14FN3O. The normalized spacial score (nSPS) is 10.4. The van der Waals surface area contributed by atoms with Gasteiger partial charge in [-0.15, -0.1) is 0 Å². The van der Waals surface area contributed by atoms with Crippen molar-refractivity contribution in [2.45, 2.75) is 20.4 Å². The number of rotatable bonds is 3. The molecular weight excluding hydrogens is 233 g/mol. The Hall–Kier alpha value is -2.17. The maximum atomic E-state index is 12.7. The third-order valence-corrected chi connectivity index (χ3v) is 2.79. The van der Waals surface area contributed by atoms with Crippen LogP contribution in [0.5, 0.6) is 0 Å². The molecule has 1 amide bonds. The minimum absolute atomic E-state index is 0.165. The first-order valence-corrected chi connectivity index (χ1v) is 5.60. The Morgan fingerprint density at radius 2 is 2.00 bits per heavy atom. The molecule has 5 heteroatoms. The standard InChI is InChI=1S/C13H14FN3O/c1-9-10(2)17(8-15-9)7-13(18)16-12-5-3-11(14)4-6-12/h3-6,8H,7H2,1-2H3,(H,16,18). The highest BCUT2D eigenvalue weighted by atomic mass is 19.1. The summed E-state index contributed by atoms with van der Waals surface area (Å²) in [5.74, 6) is -0.490. The van der Waals surface area contributed by atoms with Gasteiger partial charge >= 0.3 is 0 Å². The molecule has 0 bridgehead atoms. The quantitative estimate of drug-likeness (QED) is 0.904. The van der Waals surface area contributed by atoms with Gasteiger partial charge in [-0.2, -0.15) is 0 Å². The Kier molecular flexibility index (Phi) is 3.41. The second-order valence-corrected chi connectivity index (χ2v) is 4.10. The molecule has 0 spiro atoms. The number of benzene rings is 1. The third-order valence-electron chi connectivity index (χ3n) is 2.79. The number of carbonyl (C=O) groups excluding carboxylic acids is 1. The Bertz CT molecular complexity index is 560. The molecule has 94 valence electrons. The summed E-state index contributed by atoms with van der Waals surface area (Å²) in [7, 11) is 0. The van der Waals surface area contributed by atoms with Gasteiger partial charge < -0.3 is 9.88 Å². The molecule has 1 aromatic heterocycles. The number of halogens is 1. The number of imidazole rings is 1. The lowest BCUT2D eigenvalue weighted by atomic mass is 10.3. The second kappa shape index (κ2) is 5.00. The molecule has 0 unspecified atom stereocenters. The summed E-state index contributed by atoms with van der Waals surface area (Å²) in [6.45, 7) is 4.00. The predicted molar refractivity (Wildman–Crippen MR) is 66.7 cm³/mol. The number of nitrogens with one attached hydrogen (secondary N) is 1. The number of nitrogens with zero attached hydrogens (tertiary/aromatic N) is 2. The zero-order chi connectivity index (χ0) is 13.1. The zero-order valence-electron chi connectivity index (χ0n) is 10.3. The van der Waals surface area contributed by atoms with Gasteiger partial charge in [-0.25, -0.2) is 9.37 Å². The Balaban J connectivity index is 2.01. The van der Waals surface area contributed by atoms with Gasteiger partial charge in [0.25, 0.3) is 0 Å². The van der Waals surface area contributed by atoms with Crippen LogP contribution in [0.25, 0.3) is 0 Å². The molecule has 0 aliphatic heterocycles. The van der Waals surface area contributed by atoms with E-state index in [-0.39, 0.29) is 18.3 Å². The Morgan fingerprint density at radius 1 is 1.33 bits per heavy atom. The van der Waals surface area contributed by atoms with Crippen molar-refractivity contribution in [3.8, 4) is 0 Å². The van der Waals surface area contributed by atoms with Gasteiger partial charge in [0.05, 0.1) is 12.0 Å². The molecule has 0 atom stereocenters. The fraction of sp³-hybridized carbons (Fsp3) is 0.231. The summed E-state index contributed by atoms with van der Waals surface area (Å²) in [6.07, 6.45) is 1.63. The van der Waals surface area contributed by atoms with E-state index in [0.29, 0.717) is 5.69 Å². The molecule has 2 aromatic rings. The molecule has 18 heavy (non-hydrogen) atoms. The van der Waals surface area contributed by atoms with Gasteiger partial charge in [-0.1, -0.05) is 0 Å². The highest BCUT2D eigenvalue weighted by Gasteiger charge is 2.07. The van der Waals surface area contributed by atoms with Crippen LogP contribution < -0.4 is 5.32 Å². The Morgan fingerprint density at radius 3 is 2.56 bits per heavy atom. The van der Waals surface area contributed by atoms with Crippen LogP contribution >= 0.6 is 0 Å². The third kappa shape index (κ3) is 2.74. The van der Waals surface area contributed by atoms with Crippen molar-refractivity contribution in [3.05, 3.63) is 47.8 Å². The molecule has 0 aliphatic rings. The molecule has 0 radical (unpaired) electrons. The van der Waals surface area contributed by atoms with Gasteiger partial charge in [-0.3, -0.25) is 4.79 Å². The van der Waals surface area contributed by atoms with Crippen molar-refractivity contribution in [1.82, 2.24) is 9.55 Å². The van der Waals surface area contributed by atoms with Crippen molar-refractivity contribution in [2.75, 3.05) is 5.32 Å². The van der Waals surface area contributed by atoms with Gasteiger partial charge in [0.1, 0.15) is 12.4 Å². The summed E-state index contributed by atoms with van der Waals surface area (Å²) in [4.78, 5) is 15.9. The van der Waals surface area contributed by atoms with Crippen molar-refractivity contribution in [2.24, 2.45) is 0 Å². The van der Waals surface area contributed by atoms with E-state index in [0.717, 1.165) is 11.4 Å². The van der Waals surface area contributed by atoms with Crippen molar-refractivity contribution in [1.29, 1.82) is 0 Å². The van der Waals surface area contributed by atoms with Crippen LogP contribution in [0.15, 0.2) is 30.6 Å². The minimum atomic E-state index is -0.325. The fourth-order valence-electron chi connectivity index (χ4n) is 1.59. The number of aromatic nitrogens is 2. The zero-order valence-corrected chi connectivity index (χ0v) is 10.3. The fourth-order valence-corrected chi connectivity index (χ4v) is 1.59. The number of carbonyl (C=O) groups is 1. The molecule has 1 heterocycles. The van der Waals surface area contributed by atoms with Crippen LogP contribution in [0.1, 0.15) is 11.4 Å². The largest absolute Gasteiger partial charge is 0.325 e. The highest BCUT2D eigenvalue weighted by Crippen LogP contribution is 2.09. The smallest absolute Gasteiger partial charge is 0.244 e. The van der Waals surface area contributed by atoms with Crippen molar-refractivity contribution in [3.63, 3.8) is 0 Å². The summed E-state index contributed by atoms with van der Waals surface area (Å²) in [5.41, 5.74) is 2.45. The van der Waals surface area contributed by atoms with E-state index >= 15 is 0 Å². The van der Waals surface area contributed by atoms with Crippen LogP contribution in [0.3, 0.4) is 0 Å². The topological polar surface area (TPSA) is 46.9 Å². The summed E-state index contributed by atoms with van der Waals surface area (Å²) in [5, 5.41) is 2.70. The molecule has 1 aromatic carbocycles. The minimum Gasteiger partial charge on any atom is -0.325 e. The van der Waals surface area contributed by atoms with Crippen molar-refractivity contribution < 1.29 is 9.18 Å². The molecule has 0 aliphatic carbocycles. The van der Waals surface area contributed by atoms with E-state index in [2.05, 4.69) is 10.3 Å². The monoisotopic (exact) mass is 247 g/mol. The lowest BCUT2D eigenvalue weighted by Gasteiger charge is -2.07. The average molecular weight is 247 g/mol. The van der Waals surface area contributed by atoms with E-state index in [4.69, 9.17) is 0 Å². The molecule has 2 rings (SSSR count). The van der Waals surface area contributed by atoms with Crippen LogP contribution in [0.2, 0.25) is 0 Å². The molecule has 0 saturated carbocycles. The lowest BCUT2D eigenvalue weighted by Crippen LogP contribution is -2.19. The number of hydrogen-bond acceptors (Lipinski definition) is 2. The number of amides is 1. The predicted octanol–water partition coefficient (Wildman–Crippen LogP) is 2.28. The van der Waals surface area contributed by atoms with Crippen molar-refractivity contribution >= 4 is 11.6 Å². The van der Waals surface area contributed by atoms with Gasteiger partial charge in [0.15, 0.2) is 0 Å². The molecule has 4 nitrogen and oxygen atoms in total. The highest BCUT2D eigenvalue weighted by molar-refractivity contribution is 5.90. The number of hydrogen-bond donors (Lipinski definition) is 1. The first-order chi connectivity index (χ1) is 8.56. The van der Waals surface area contributed by atoms with E-state index in [1.165, 1.54) is 24.3 Å².